The molecule has 1 saturated carbocycles. The van der Waals surface area contributed by atoms with Gasteiger partial charge in [-0.1, -0.05) is 6.92 Å². The van der Waals surface area contributed by atoms with Gasteiger partial charge in [-0.15, -0.1) is 0 Å². The molecule has 0 aromatic heterocycles. The minimum Gasteiger partial charge on any atom is -0.399 e. The Kier molecular flexibility index (Phi) is 3.36. The molecule has 3 heteroatoms. The summed E-state index contributed by atoms with van der Waals surface area (Å²) in [5.41, 5.74) is 8.05. The van der Waals surface area contributed by atoms with Gasteiger partial charge in [0, 0.05) is 17.3 Å². The second-order valence-corrected chi connectivity index (χ2v) is 5.16. The maximum Gasteiger partial charge on any atom is 0.251 e. The summed E-state index contributed by atoms with van der Waals surface area (Å²) in [6.07, 6.45) is 3.41. The number of amides is 1. The Labute approximate surface area is 102 Å². The number of benzene rings is 1. The quantitative estimate of drug-likeness (QED) is 0.770. The highest BCUT2D eigenvalue weighted by Gasteiger charge is 2.23. The molecule has 0 saturated heterocycles. The van der Waals surface area contributed by atoms with Crippen LogP contribution in [0.2, 0.25) is 0 Å². The number of rotatable bonds is 2. The zero-order valence-corrected chi connectivity index (χ0v) is 10.5. The largest absolute Gasteiger partial charge is 0.399 e. The summed E-state index contributed by atoms with van der Waals surface area (Å²) in [7, 11) is 0. The van der Waals surface area contributed by atoms with Crippen molar-refractivity contribution >= 4 is 11.6 Å². The number of carbonyl (C=O) groups is 1. The zero-order valence-electron chi connectivity index (χ0n) is 10.5. The fraction of sp³-hybridized carbons (Fsp3) is 0.500. The Bertz CT molecular complexity index is 428. The lowest BCUT2D eigenvalue weighted by Gasteiger charge is -2.14. The van der Waals surface area contributed by atoms with Gasteiger partial charge in [0.15, 0.2) is 0 Å². The Balaban J connectivity index is 2.04. The standard InChI is InChI=1S/C14H20N2O/c1-9-3-5-12(7-9)16-14(17)13-6-4-11(15)8-10(13)2/h4,6,8-9,12H,3,5,7,15H2,1-2H3,(H,16,17). The van der Waals surface area contributed by atoms with Crippen molar-refractivity contribution in [2.45, 2.75) is 39.2 Å². The van der Waals surface area contributed by atoms with Crippen molar-refractivity contribution in [3.63, 3.8) is 0 Å². The number of anilines is 1. The van der Waals surface area contributed by atoms with Gasteiger partial charge in [0.2, 0.25) is 0 Å². The van der Waals surface area contributed by atoms with E-state index < -0.39 is 0 Å². The molecule has 0 spiro atoms. The third-order valence-corrected chi connectivity index (χ3v) is 3.53. The normalized spacial score (nSPS) is 23.6. The molecule has 0 radical (unpaired) electrons. The van der Waals surface area contributed by atoms with E-state index in [1.807, 2.05) is 13.0 Å². The van der Waals surface area contributed by atoms with Crippen LogP contribution < -0.4 is 11.1 Å². The van der Waals surface area contributed by atoms with Crippen LogP contribution in [0.15, 0.2) is 18.2 Å². The summed E-state index contributed by atoms with van der Waals surface area (Å²) >= 11 is 0. The predicted molar refractivity (Wildman–Crippen MR) is 69.9 cm³/mol. The first kappa shape index (κ1) is 12.0. The van der Waals surface area contributed by atoms with Crippen molar-refractivity contribution in [2.24, 2.45) is 5.92 Å². The highest BCUT2D eigenvalue weighted by Crippen LogP contribution is 2.25. The fourth-order valence-electron chi connectivity index (χ4n) is 2.54. The summed E-state index contributed by atoms with van der Waals surface area (Å²) in [5.74, 6) is 0.759. The topological polar surface area (TPSA) is 55.1 Å². The van der Waals surface area contributed by atoms with Crippen LogP contribution >= 0.6 is 0 Å². The molecule has 0 aliphatic heterocycles. The van der Waals surface area contributed by atoms with Crippen molar-refractivity contribution in [3.05, 3.63) is 29.3 Å². The van der Waals surface area contributed by atoms with Gasteiger partial charge in [-0.3, -0.25) is 4.79 Å². The van der Waals surface area contributed by atoms with Gasteiger partial charge in [-0.05, 0) is 55.9 Å². The second kappa shape index (κ2) is 4.78. The first-order valence-corrected chi connectivity index (χ1v) is 6.23. The van der Waals surface area contributed by atoms with Crippen LogP contribution in [0.25, 0.3) is 0 Å². The van der Waals surface area contributed by atoms with Crippen molar-refractivity contribution in [2.75, 3.05) is 5.73 Å². The molecular weight excluding hydrogens is 212 g/mol. The van der Waals surface area contributed by atoms with Gasteiger partial charge in [-0.2, -0.15) is 0 Å². The molecule has 1 aromatic rings. The lowest BCUT2D eigenvalue weighted by atomic mass is 10.1. The second-order valence-electron chi connectivity index (χ2n) is 5.16. The molecule has 17 heavy (non-hydrogen) atoms. The smallest absolute Gasteiger partial charge is 0.251 e. The first-order chi connectivity index (χ1) is 8.06. The van der Waals surface area contributed by atoms with E-state index in [0.717, 1.165) is 29.9 Å². The maximum atomic E-state index is 12.1. The Hall–Kier alpha value is -1.51. The van der Waals surface area contributed by atoms with Crippen LogP contribution in [0, 0.1) is 12.8 Å². The average molecular weight is 232 g/mol. The molecular formula is C14H20N2O. The highest BCUT2D eigenvalue weighted by molar-refractivity contribution is 5.96. The van der Waals surface area contributed by atoms with Crippen LogP contribution in [0.1, 0.15) is 42.1 Å². The van der Waals surface area contributed by atoms with E-state index in [9.17, 15) is 4.79 Å². The Morgan fingerprint density at radius 1 is 1.41 bits per heavy atom. The van der Waals surface area contributed by atoms with Crippen LogP contribution in [-0.4, -0.2) is 11.9 Å². The fourth-order valence-corrected chi connectivity index (χ4v) is 2.54. The predicted octanol–water partition coefficient (Wildman–Crippen LogP) is 2.50. The van der Waals surface area contributed by atoms with Gasteiger partial charge in [0.05, 0.1) is 0 Å². The number of nitrogens with one attached hydrogen (secondary N) is 1. The summed E-state index contributed by atoms with van der Waals surface area (Å²) in [6, 6.07) is 5.76. The minimum atomic E-state index is 0.0293. The van der Waals surface area contributed by atoms with E-state index in [1.165, 1.54) is 6.42 Å². The lowest BCUT2D eigenvalue weighted by Crippen LogP contribution is -2.33. The van der Waals surface area contributed by atoms with Crippen LogP contribution in [-0.2, 0) is 0 Å². The SMILES string of the molecule is Cc1cc(N)ccc1C(=O)NC1CCC(C)C1. The van der Waals surface area contributed by atoms with Gasteiger partial charge in [0.25, 0.3) is 5.91 Å². The number of nitrogens with two attached hydrogens (primary N) is 1. The summed E-state index contributed by atoms with van der Waals surface area (Å²) in [6.45, 7) is 4.16. The Morgan fingerprint density at radius 2 is 2.18 bits per heavy atom. The molecule has 3 nitrogen and oxygen atoms in total. The van der Waals surface area contributed by atoms with E-state index in [4.69, 9.17) is 5.73 Å². The third-order valence-electron chi connectivity index (χ3n) is 3.53. The number of hydrogen-bond donors (Lipinski definition) is 2. The molecule has 3 N–H and O–H groups in total. The van der Waals surface area contributed by atoms with Crippen molar-refractivity contribution in [3.8, 4) is 0 Å². The summed E-state index contributed by atoms with van der Waals surface area (Å²) in [5, 5.41) is 3.11. The average Bonchev–Trinajstić information content (AvgIpc) is 2.63. The van der Waals surface area contributed by atoms with Gasteiger partial charge < -0.3 is 11.1 Å². The zero-order chi connectivity index (χ0) is 12.4. The summed E-state index contributed by atoms with van der Waals surface area (Å²) in [4.78, 5) is 12.1. The molecule has 0 heterocycles. The van der Waals surface area contributed by atoms with Gasteiger partial charge >= 0.3 is 0 Å². The molecule has 1 aliphatic carbocycles. The van der Waals surface area contributed by atoms with Crippen molar-refractivity contribution in [1.29, 1.82) is 0 Å². The maximum absolute atomic E-state index is 12.1. The van der Waals surface area contributed by atoms with Crippen LogP contribution in [0.4, 0.5) is 5.69 Å². The monoisotopic (exact) mass is 232 g/mol. The van der Waals surface area contributed by atoms with E-state index in [1.54, 1.807) is 12.1 Å². The van der Waals surface area contributed by atoms with E-state index >= 15 is 0 Å². The molecule has 1 fully saturated rings. The molecule has 1 aliphatic rings. The van der Waals surface area contributed by atoms with E-state index in [2.05, 4.69) is 12.2 Å². The number of carbonyl (C=O) groups excluding carboxylic acids is 1. The van der Waals surface area contributed by atoms with Crippen molar-refractivity contribution in [1.82, 2.24) is 5.32 Å². The third kappa shape index (κ3) is 2.78. The van der Waals surface area contributed by atoms with Crippen LogP contribution in [0.3, 0.4) is 0 Å². The minimum absolute atomic E-state index is 0.0293. The molecule has 1 aromatic carbocycles. The Morgan fingerprint density at radius 3 is 2.76 bits per heavy atom. The lowest BCUT2D eigenvalue weighted by molar-refractivity contribution is 0.0936. The number of aryl methyl sites for hydroxylation is 1. The van der Waals surface area contributed by atoms with Crippen molar-refractivity contribution < 1.29 is 4.79 Å². The molecule has 2 unspecified atom stereocenters. The molecule has 0 bridgehead atoms. The van der Waals surface area contributed by atoms with Gasteiger partial charge in [-0.25, -0.2) is 0 Å². The highest BCUT2D eigenvalue weighted by atomic mass is 16.1. The van der Waals surface area contributed by atoms with Gasteiger partial charge in [0.1, 0.15) is 0 Å². The number of hydrogen-bond acceptors (Lipinski definition) is 2. The summed E-state index contributed by atoms with van der Waals surface area (Å²) < 4.78 is 0. The number of nitrogen functional groups attached to an aromatic ring is 1. The van der Waals surface area contributed by atoms with E-state index in [-0.39, 0.29) is 5.91 Å². The first-order valence-electron chi connectivity index (χ1n) is 6.23. The molecule has 2 atom stereocenters. The van der Waals surface area contributed by atoms with E-state index in [0.29, 0.717) is 11.7 Å². The molecule has 2 rings (SSSR count). The molecule has 92 valence electrons. The molecule has 1 amide bonds. The van der Waals surface area contributed by atoms with Crippen LogP contribution in [0.5, 0.6) is 0 Å².